The zero-order chi connectivity index (χ0) is 10.3. The van der Waals surface area contributed by atoms with Crippen molar-refractivity contribution in [1.29, 1.82) is 0 Å². The predicted octanol–water partition coefficient (Wildman–Crippen LogP) is -0.684. The van der Waals surface area contributed by atoms with Crippen molar-refractivity contribution >= 4 is 0 Å². The molecular formula is C7H24N3O. The fourth-order valence-electron chi connectivity index (χ4n) is 0. The summed E-state index contributed by atoms with van der Waals surface area (Å²) in [6.07, 6.45) is 0.384. The fraction of sp³-hybridized carbons (Fsp3) is 0.857. The molecule has 1 atom stereocenters. The highest BCUT2D eigenvalue weighted by Crippen LogP contribution is 1.80. The van der Waals surface area contributed by atoms with Gasteiger partial charge in [0.05, 0.1) is 6.10 Å². The van der Waals surface area contributed by atoms with E-state index >= 15 is 0 Å². The largest absolute Gasteiger partial charge is 0.393 e. The van der Waals surface area contributed by atoms with Gasteiger partial charge in [0.1, 0.15) is 0 Å². The standard InChI is InChI=1S/C4H9O.3CH5N/c1-3-4(2)5;3*1-2/h4-5H,2-3H2,1H3;3*2H2,1H3. The molecule has 0 aliphatic carbocycles. The zero-order valence-electron chi connectivity index (χ0n) is 8.17. The molecule has 0 aliphatic rings. The van der Waals surface area contributed by atoms with E-state index in [4.69, 9.17) is 5.11 Å². The van der Waals surface area contributed by atoms with Gasteiger partial charge in [-0.1, -0.05) is 6.92 Å². The van der Waals surface area contributed by atoms with Crippen LogP contribution in [0, 0.1) is 6.92 Å². The summed E-state index contributed by atoms with van der Waals surface area (Å²) in [5.41, 5.74) is 13.5. The zero-order valence-corrected chi connectivity index (χ0v) is 8.17. The molecule has 0 bridgehead atoms. The Kier molecular flexibility index (Phi) is 106. The lowest BCUT2D eigenvalue weighted by Gasteiger charge is -1.90. The van der Waals surface area contributed by atoms with E-state index in [1.165, 1.54) is 21.1 Å². The first-order valence-corrected chi connectivity index (χ1v) is 3.51. The molecule has 7 N–H and O–H groups in total. The second kappa shape index (κ2) is 52.1. The van der Waals surface area contributed by atoms with Crippen LogP contribution in [0.2, 0.25) is 0 Å². The van der Waals surface area contributed by atoms with E-state index in [2.05, 4.69) is 24.1 Å². The van der Waals surface area contributed by atoms with Crippen LogP contribution in [0.1, 0.15) is 13.3 Å². The maximum absolute atomic E-state index is 8.25. The first-order chi connectivity index (χ1) is 5.27. The average Bonchev–Trinajstić information content (AvgIpc) is 2.15. The maximum Gasteiger partial charge on any atom is 0.0538 e. The summed E-state index contributed by atoms with van der Waals surface area (Å²) in [6, 6.07) is 0. The molecule has 1 unspecified atom stereocenters. The Morgan fingerprint density at radius 1 is 1.09 bits per heavy atom. The second-order valence-corrected chi connectivity index (χ2v) is 1.06. The molecule has 1 radical (unpaired) electrons. The lowest BCUT2D eigenvalue weighted by atomic mass is 10.3. The van der Waals surface area contributed by atoms with Gasteiger partial charge >= 0.3 is 0 Å². The van der Waals surface area contributed by atoms with Gasteiger partial charge < -0.3 is 22.3 Å². The van der Waals surface area contributed by atoms with E-state index in [9.17, 15) is 0 Å². The highest BCUT2D eigenvalue weighted by molar-refractivity contribution is 4.49. The number of hydrogen-bond acceptors (Lipinski definition) is 4. The van der Waals surface area contributed by atoms with Gasteiger partial charge in [-0.15, -0.1) is 0 Å². The Hall–Kier alpha value is -0.160. The summed E-state index contributed by atoms with van der Waals surface area (Å²) >= 11 is 0. The van der Waals surface area contributed by atoms with Gasteiger partial charge in [0.15, 0.2) is 0 Å². The minimum atomic E-state index is -0.366. The van der Waals surface area contributed by atoms with Crippen molar-refractivity contribution in [2.24, 2.45) is 17.2 Å². The van der Waals surface area contributed by atoms with E-state index in [0.29, 0.717) is 0 Å². The molecule has 0 fully saturated rings. The third kappa shape index (κ3) is 179. The summed E-state index contributed by atoms with van der Waals surface area (Å²) in [4.78, 5) is 0. The number of aliphatic hydroxyl groups is 1. The number of rotatable bonds is 1. The van der Waals surface area contributed by atoms with Crippen molar-refractivity contribution in [3.63, 3.8) is 0 Å². The van der Waals surface area contributed by atoms with Crippen molar-refractivity contribution in [2.45, 2.75) is 19.4 Å². The summed E-state index contributed by atoms with van der Waals surface area (Å²) in [5, 5.41) is 8.25. The Morgan fingerprint density at radius 3 is 1.18 bits per heavy atom. The molecule has 0 aliphatic heterocycles. The van der Waals surface area contributed by atoms with Crippen LogP contribution in [-0.2, 0) is 0 Å². The van der Waals surface area contributed by atoms with Crippen LogP contribution >= 0.6 is 0 Å². The Morgan fingerprint density at radius 2 is 1.18 bits per heavy atom. The van der Waals surface area contributed by atoms with Crippen LogP contribution in [0.25, 0.3) is 0 Å². The minimum absolute atomic E-state index is 0.366. The quantitative estimate of drug-likeness (QED) is 0.414. The molecule has 0 saturated heterocycles. The molecule has 11 heavy (non-hydrogen) atoms. The van der Waals surface area contributed by atoms with Crippen LogP contribution in [0.15, 0.2) is 0 Å². The summed E-state index contributed by atoms with van der Waals surface area (Å²) in [5.74, 6) is 0. The smallest absolute Gasteiger partial charge is 0.0538 e. The normalized spacial score (nSPS) is 8.45. The van der Waals surface area contributed by atoms with Crippen LogP contribution in [-0.4, -0.2) is 32.4 Å². The third-order valence-electron chi connectivity index (χ3n) is 0.471. The summed E-state index contributed by atoms with van der Waals surface area (Å²) < 4.78 is 0. The molecule has 0 aromatic rings. The second-order valence-electron chi connectivity index (χ2n) is 1.06. The average molecular weight is 166 g/mol. The van der Waals surface area contributed by atoms with Crippen LogP contribution in [0.4, 0.5) is 0 Å². The van der Waals surface area contributed by atoms with Gasteiger partial charge in [-0.05, 0) is 34.5 Å². The molecule has 0 heterocycles. The molecule has 0 amide bonds. The highest BCUT2D eigenvalue weighted by atomic mass is 16.3. The van der Waals surface area contributed by atoms with Gasteiger partial charge in [-0.25, -0.2) is 0 Å². The predicted molar refractivity (Wildman–Crippen MR) is 52.0 cm³/mol. The van der Waals surface area contributed by atoms with E-state index in [1.54, 1.807) is 0 Å². The van der Waals surface area contributed by atoms with Crippen LogP contribution in [0.5, 0.6) is 0 Å². The Labute approximate surface area is 70.8 Å². The summed E-state index contributed by atoms with van der Waals surface area (Å²) in [6.45, 7) is 5.20. The Balaban J connectivity index is -0.0000000350. The molecule has 0 saturated carbocycles. The van der Waals surface area contributed by atoms with Crippen molar-refractivity contribution < 1.29 is 5.11 Å². The van der Waals surface area contributed by atoms with Crippen LogP contribution in [0.3, 0.4) is 0 Å². The Bertz CT molecular complexity index is 27.6. The molecule has 0 rings (SSSR count). The van der Waals surface area contributed by atoms with Crippen molar-refractivity contribution in [3.05, 3.63) is 6.92 Å². The molecule has 73 valence electrons. The number of aliphatic hydroxyl groups excluding tert-OH is 1. The lowest BCUT2D eigenvalue weighted by Crippen LogP contribution is -1.93. The number of nitrogens with two attached hydrogens (primary N) is 3. The van der Waals surface area contributed by atoms with E-state index in [1.807, 2.05) is 6.92 Å². The topological polar surface area (TPSA) is 98.3 Å². The molecule has 4 nitrogen and oxygen atoms in total. The highest BCUT2D eigenvalue weighted by Gasteiger charge is 1.82. The van der Waals surface area contributed by atoms with Crippen molar-refractivity contribution in [1.82, 2.24) is 0 Å². The van der Waals surface area contributed by atoms with Gasteiger partial charge in [0.25, 0.3) is 0 Å². The minimum Gasteiger partial charge on any atom is -0.393 e. The molecule has 0 aromatic carbocycles. The first-order valence-electron chi connectivity index (χ1n) is 3.51. The SMILES string of the molecule is CN.CN.CN.[CH2]C(O)CC. The van der Waals surface area contributed by atoms with Gasteiger partial charge in [-0.3, -0.25) is 0 Å². The van der Waals surface area contributed by atoms with Crippen LogP contribution < -0.4 is 17.2 Å². The first kappa shape index (κ1) is 22.4. The molecule has 4 heteroatoms. The van der Waals surface area contributed by atoms with Crippen molar-refractivity contribution in [3.8, 4) is 0 Å². The molecular weight excluding hydrogens is 142 g/mol. The van der Waals surface area contributed by atoms with Crippen molar-refractivity contribution in [2.75, 3.05) is 21.1 Å². The maximum atomic E-state index is 8.25. The van der Waals surface area contributed by atoms with Gasteiger partial charge in [-0.2, -0.15) is 0 Å². The molecule has 0 spiro atoms. The summed E-state index contributed by atoms with van der Waals surface area (Å²) in [7, 11) is 4.50. The van der Waals surface area contributed by atoms with Gasteiger partial charge in [0.2, 0.25) is 0 Å². The number of hydrogen-bond donors (Lipinski definition) is 4. The van der Waals surface area contributed by atoms with E-state index < -0.39 is 0 Å². The van der Waals surface area contributed by atoms with Gasteiger partial charge in [0, 0.05) is 0 Å². The molecule has 0 aromatic heterocycles. The lowest BCUT2D eigenvalue weighted by molar-refractivity contribution is 0.216. The third-order valence-corrected chi connectivity index (χ3v) is 0.471. The van der Waals surface area contributed by atoms with E-state index in [-0.39, 0.29) is 6.10 Å². The fourth-order valence-corrected chi connectivity index (χ4v) is 0. The monoisotopic (exact) mass is 166 g/mol. The van der Waals surface area contributed by atoms with E-state index in [0.717, 1.165) is 6.42 Å².